The van der Waals surface area contributed by atoms with E-state index in [2.05, 4.69) is 9.97 Å². The summed E-state index contributed by atoms with van der Waals surface area (Å²) >= 11 is 0. The summed E-state index contributed by atoms with van der Waals surface area (Å²) < 4.78 is 28.7. The highest BCUT2D eigenvalue weighted by Crippen LogP contribution is 2.31. The lowest BCUT2D eigenvalue weighted by Gasteiger charge is -2.12. The highest BCUT2D eigenvalue weighted by molar-refractivity contribution is 5.78. The highest BCUT2D eigenvalue weighted by Gasteiger charge is 2.17. The molecule has 1 unspecified atom stereocenters. The molecule has 3 rings (SSSR count). The first-order chi connectivity index (χ1) is 12.1. The number of rotatable bonds is 6. The topological polar surface area (TPSA) is 71.2 Å². The predicted octanol–water partition coefficient (Wildman–Crippen LogP) is 2.63. The van der Waals surface area contributed by atoms with E-state index in [0.29, 0.717) is 29.9 Å². The van der Waals surface area contributed by atoms with Gasteiger partial charge in [0.15, 0.2) is 11.6 Å². The summed E-state index contributed by atoms with van der Waals surface area (Å²) in [5.74, 6) is -1.86. The molecule has 0 saturated carbocycles. The van der Waals surface area contributed by atoms with Gasteiger partial charge in [0.2, 0.25) is 0 Å². The number of aliphatic hydroxyl groups is 2. The number of hydrogen-bond donors (Lipinski definition) is 2. The Hall–Kier alpha value is -2.64. The zero-order valence-electron chi connectivity index (χ0n) is 13.3. The fourth-order valence-corrected chi connectivity index (χ4v) is 2.59. The van der Waals surface area contributed by atoms with Crippen LogP contribution in [0.25, 0.3) is 22.5 Å². The molecular weight excluding hydrogens is 328 g/mol. The Bertz CT molecular complexity index is 853. The lowest BCUT2D eigenvalue weighted by Crippen LogP contribution is -2.15. The zero-order valence-corrected chi connectivity index (χ0v) is 13.3. The second-order valence-electron chi connectivity index (χ2n) is 5.63. The summed E-state index contributed by atoms with van der Waals surface area (Å²) in [5, 5.41) is 18.6. The summed E-state index contributed by atoms with van der Waals surface area (Å²) in [6.07, 6.45) is 4.35. The molecule has 25 heavy (non-hydrogen) atoms. The molecule has 5 nitrogen and oxygen atoms in total. The zero-order chi connectivity index (χ0) is 17.8. The number of imidazole rings is 1. The summed E-state index contributed by atoms with van der Waals surface area (Å²) in [5.41, 5.74) is 2.38. The molecule has 0 bridgehead atoms. The van der Waals surface area contributed by atoms with E-state index in [4.69, 9.17) is 5.11 Å². The average molecular weight is 345 g/mol. The second-order valence-corrected chi connectivity index (χ2v) is 5.63. The van der Waals surface area contributed by atoms with Gasteiger partial charge in [-0.1, -0.05) is 0 Å². The van der Waals surface area contributed by atoms with Crippen LogP contribution in [-0.2, 0) is 6.54 Å². The number of nitrogens with zero attached hydrogens (tertiary/aromatic N) is 3. The fraction of sp³-hybridized carbons (Fsp3) is 0.222. The van der Waals surface area contributed by atoms with Gasteiger partial charge >= 0.3 is 0 Å². The monoisotopic (exact) mass is 345 g/mol. The Balaban J connectivity index is 2.06. The third kappa shape index (κ3) is 3.72. The normalized spacial score (nSPS) is 12.3. The van der Waals surface area contributed by atoms with Crippen LogP contribution in [0.1, 0.15) is 6.42 Å². The number of pyridine rings is 1. The van der Waals surface area contributed by atoms with E-state index in [1.807, 2.05) is 6.07 Å². The molecule has 0 saturated heterocycles. The summed E-state index contributed by atoms with van der Waals surface area (Å²) in [4.78, 5) is 8.43. The Labute approximate surface area is 143 Å². The smallest absolute Gasteiger partial charge is 0.159 e. The SMILES string of the molecule is OCC(O)CCn1cnc(-c2ccc(F)c(F)c2)c1-c1cccnc1. The van der Waals surface area contributed by atoms with Crippen molar-refractivity contribution in [1.29, 1.82) is 0 Å². The molecule has 3 aromatic rings. The maximum atomic E-state index is 13.6. The molecule has 1 atom stereocenters. The lowest BCUT2D eigenvalue weighted by molar-refractivity contribution is 0.0847. The number of halogens is 2. The number of aliphatic hydroxyl groups excluding tert-OH is 2. The number of aryl methyl sites for hydroxylation is 1. The van der Waals surface area contributed by atoms with E-state index in [1.54, 1.807) is 29.4 Å². The van der Waals surface area contributed by atoms with Gasteiger partial charge in [0, 0.05) is 30.1 Å². The maximum Gasteiger partial charge on any atom is 0.159 e. The number of benzene rings is 1. The van der Waals surface area contributed by atoms with Gasteiger partial charge in [-0.25, -0.2) is 13.8 Å². The molecule has 0 aliphatic heterocycles. The molecule has 7 heteroatoms. The molecule has 0 radical (unpaired) electrons. The van der Waals surface area contributed by atoms with E-state index < -0.39 is 17.7 Å². The van der Waals surface area contributed by atoms with Gasteiger partial charge in [-0.15, -0.1) is 0 Å². The quantitative estimate of drug-likeness (QED) is 0.720. The first-order valence-corrected chi connectivity index (χ1v) is 7.80. The fourth-order valence-electron chi connectivity index (χ4n) is 2.59. The van der Waals surface area contributed by atoms with Crippen LogP contribution in [0.4, 0.5) is 8.78 Å². The minimum atomic E-state index is -0.945. The molecule has 2 N–H and O–H groups in total. The van der Waals surface area contributed by atoms with Crippen LogP contribution < -0.4 is 0 Å². The molecule has 0 aliphatic rings. The first-order valence-electron chi connectivity index (χ1n) is 7.80. The molecule has 0 spiro atoms. The predicted molar refractivity (Wildman–Crippen MR) is 88.5 cm³/mol. The maximum absolute atomic E-state index is 13.6. The lowest BCUT2D eigenvalue weighted by atomic mass is 10.1. The number of hydrogen-bond acceptors (Lipinski definition) is 4. The molecule has 0 fully saturated rings. The van der Waals surface area contributed by atoms with Crippen LogP contribution in [0.3, 0.4) is 0 Å². The van der Waals surface area contributed by atoms with Crippen molar-refractivity contribution in [1.82, 2.24) is 14.5 Å². The van der Waals surface area contributed by atoms with Crippen LogP contribution in [0.2, 0.25) is 0 Å². The van der Waals surface area contributed by atoms with Crippen LogP contribution in [0, 0.1) is 11.6 Å². The largest absolute Gasteiger partial charge is 0.394 e. The average Bonchev–Trinajstić information content (AvgIpc) is 3.06. The van der Waals surface area contributed by atoms with Crippen LogP contribution >= 0.6 is 0 Å². The molecule has 130 valence electrons. The van der Waals surface area contributed by atoms with Crippen molar-refractivity contribution in [2.45, 2.75) is 19.1 Å². The third-order valence-electron chi connectivity index (χ3n) is 3.88. The summed E-state index contributed by atoms with van der Waals surface area (Å²) in [6, 6.07) is 7.24. The van der Waals surface area contributed by atoms with Crippen molar-refractivity contribution >= 4 is 0 Å². The second kappa shape index (κ2) is 7.50. The van der Waals surface area contributed by atoms with Crippen LogP contribution in [0.15, 0.2) is 49.1 Å². The van der Waals surface area contributed by atoms with E-state index in [1.165, 1.54) is 6.07 Å². The molecule has 0 aliphatic carbocycles. The Morgan fingerprint density at radius 3 is 2.64 bits per heavy atom. The highest BCUT2D eigenvalue weighted by atomic mass is 19.2. The van der Waals surface area contributed by atoms with Gasteiger partial charge < -0.3 is 14.8 Å². The van der Waals surface area contributed by atoms with Crippen LogP contribution in [0.5, 0.6) is 0 Å². The minimum Gasteiger partial charge on any atom is -0.394 e. The molecular formula is C18H17F2N3O2. The standard InChI is InChI=1S/C18H17F2N3O2/c19-15-4-3-12(8-16(15)20)17-18(13-2-1-6-21-9-13)23(11-22-17)7-5-14(25)10-24/h1-4,6,8-9,11,14,24-25H,5,7,10H2. The van der Waals surface area contributed by atoms with Crippen molar-refractivity contribution < 1.29 is 19.0 Å². The Morgan fingerprint density at radius 2 is 1.96 bits per heavy atom. The molecule has 1 aromatic carbocycles. The Morgan fingerprint density at radius 1 is 1.12 bits per heavy atom. The van der Waals surface area contributed by atoms with Gasteiger partial charge in [0.1, 0.15) is 0 Å². The Kier molecular flexibility index (Phi) is 5.16. The summed E-state index contributed by atoms with van der Waals surface area (Å²) in [6.45, 7) is 0.0790. The summed E-state index contributed by atoms with van der Waals surface area (Å²) in [7, 11) is 0. The van der Waals surface area contributed by atoms with E-state index in [-0.39, 0.29) is 6.61 Å². The molecule has 0 amide bonds. The van der Waals surface area contributed by atoms with Crippen LogP contribution in [-0.4, -0.2) is 37.5 Å². The van der Waals surface area contributed by atoms with Crippen molar-refractivity contribution in [3.8, 4) is 22.5 Å². The van der Waals surface area contributed by atoms with E-state index in [0.717, 1.165) is 17.7 Å². The van der Waals surface area contributed by atoms with Gasteiger partial charge in [-0.3, -0.25) is 4.98 Å². The van der Waals surface area contributed by atoms with Gasteiger partial charge in [-0.05, 0) is 36.8 Å². The minimum absolute atomic E-state index is 0.326. The first kappa shape index (κ1) is 17.2. The van der Waals surface area contributed by atoms with Crippen molar-refractivity contribution in [2.75, 3.05) is 6.61 Å². The van der Waals surface area contributed by atoms with Crippen molar-refractivity contribution in [3.05, 3.63) is 60.7 Å². The van der Waals surface area contributed by atoms with Gasteiger partial charge in [0.25, 0.3) is 0 Å². The number of aromatic nitrogens is 3. The van der Waals surface area contributed by atoms with Crippen molar-refractivity contribution in [3.63, 3.8) is 0 Å². The van der Waals surface area contributed by atoms with E-state index >= 15 is 0 Å². The molecule has 2 heterocycles. The van der Waals surface area contributed by atoms with Gasteiger partial charge in [0.05, 0.1) is 30.4 Å². The molecule has 2 aromatic heterocycles. The van der Waals surface area contributed by atoms with Crippen molar-refractivity contribution in [2.24, 2.45) is 0 Å². The third-order valence-corrected chi connectivity index (χ3v) is 3.88. The van der Waals surface area contributed by atoms with E-state index in [9.17, 15) is 13.9 Å². The van der Waals surface area contributed by atoms with Gasteiger partial charge in [-0.2, -0.15) is 0 Å².